The van der Waals surface area contributed by atoms with Crippen molar-refractivity contribution in [2.75, 3.05) is 18.5 Å². The second-order valence-electron chi connectivity index (χ2n) is 3.64. The van der Waals surface area contributed by atoms with Gasteiger partial charge in [-0.1, -0.05) is 0 Å². The SMILES string of the molecule is CCOC(=O)CCC(=O)Nc1cccnc1OCC. The summed E-state index contributed by atoms with van der Waals surface area (Å²) in [5.41, 5.74) is 0.498. The van der Waals surface area contributed by atoms with Gasteiger partial charge in [-0.15, -0.1) is 0 Å². The number of ether oxygens (including phenoxy) is 2. The number of carbonyl (C=O) groups is 2. The molecular weight excluding hydrogens is 248 g/mol. The third-order valence-corrected chi connectivity index (χ3v) is 2.19. The molecule has 0 aliphatic rings. The molecule has 0 unspecified atom stereocenters. The Morgan fingerprint density at radius 1 is 1.26 bits per heavy atom. The van der Waals surface area contributed by atoms with Gasteiger partial charge in [-0.3, -0.25) is 9.59 Å². The summed E-state index contributed by atoms with van der Waals surface area (Å²) in [6.07, 6.45) is 1.71. The summed E-state index contributed by atoms with van der Waals surface area (Å²) in [5, 5.41) is 2.66. The first-order valence-corrected chi connectivity index (χ1v) is 6.20. The summed E-state index contributed by atoms with van der Waals surface area (Å²) in [6.45, 7) is 4.34. The van der Waals surface area contributed by atoms with E-state index in [1.807, 2.05) is 6.92 Å². The van der Waals surface area contributed by atoms with Gasteiger partial charge in [0.1, 0.15) is 5.69 Å². The molecule has 1 aromatic heterocycles. The topological polar surface area (TPSA) is 77.5 Å². The van der Waals surface area contributed by atoms with Gasteiger partial charge in [-0.05, 0) is 26.0 Å². The van der Waals surface area contributed by atoms with Crippen molar-refractivity contribution in [1.82, 2.24) is 4.98 Å². The number of amides is 1. The molecule has 6 heteroatoms. The number of anilines is 1. The molecule has 1 rings (SSSR count). The van der Waals surface area contributed by atoms with E-state index in [1.54, 1.807) is 25.3 Å². The van der Waals surface area contributed by atoms with Gasteiger partial charge >= 0.3 is 5.97 Å². The average molecular weight is 266 g/mol. The predicted octanol–water partition coefficient (Wildman–Crippen LogP) is 1.76. The number of aromatic nitrogens is 1. The van der Waals surface area contributed by atoms with Crippen LogP contribution in [0.1, 0.15) is 26.7 Å². The second kappa shape index (κ2) is 8.07. The minimum absolute atomic E-state index is 0.0594. The Morgan fingerprint density at radius 2 is 2.05 bits per heavy atom. The highest BCUT2D eigenvalue weighted by Gasteiger charge is 2.10. The van der Waals surface area contributed by atoms with Gasteiger partial charge < -0.3 is 14.8 Å². The van der Waals surface area contributed by atoms with Gasteiger partial charge in [0.05, 0.1) is 19.6 Å². The van der Waals surface area contributed by atoms with Crippen LogP contribution >= 0.6 is 0 Å². The molecule has 104 valence electrons. The Bertz CT molecular complexity index is 434. The third-order valence-electron chi connectivity index (χ3n) is 2.19. The number of carbonyl (C=O) groups excluding carboxylic acids is 2. The number of hydrogen-bond acceptors (Lipinski definition) is 5. The minimum Gasteiger partial charge on any atom is -0.476 e. The number of pyridine rings is 1. The third kappa shape index (κ3) is 5.37. The Morgan fingerprint density at radius 3 is 2.74 bits per heavy atom. The smallest absolute Gasteiger partial charge is 0.306 e. The van der Waals surface area contributed by atoms with Crippen molar-refractivity contribution < 1.29 is 19.1 Å². The van der Waals surface area contributed by atoms with Crippen LogP contribution in [0.25, 0.3) is 0 Å². The van der Waals surface area contributed by atoms with Crippen LogP contribution < -0.4 is 10.1 Å². The van der Waals surface area contributed by atoms with Crippen LogP contribution in [-0.4, -0.2) is 30.1 Å². The minimum atomic E-state index is -0.381. The Kier molecular flexibility index (Phi) is 6.35. The van der Waals surface area contributed by atoms with Crippen molar-refractivity contribution in [3.63, 3.8) is 0 Å². The van der Waals surface area contributed by atoms with Crippen molar-refractivity contribution in [2.45, 2.75) is 26.7 Å². The van der Waals surface area contributed by atoms with Crippen molar-refractivity contribution in [3.8, 4) is 5.88 Å². The lowest BCUT2D eigenvalue weighted by Crippen LogP contribution is -2.15. The highest BCUT2D eigenvalue weighted by atomic mass is 16.5. The lowest BCUT2D eigenvalue weighted by atomic mass is 10.3. The van der Waals surface area contributed by atoms with Crippen LogP contribution in [0.4, 0.5) is 5.69 Å². The Balaban J connectivity index is 2.50. The summed E-state index contributed by atoms with van der Waals surface area (Å²) in [4.78, 5) is 26.8. The van der Waals surface area contributed by atoms with Crippen LogP contribution in [0.15, 0.2) is 18.3 Å². The van der Waals surface area contributed by atoms with Crippen molar-refractivity contribution >= 4 is 17.6 Å². The fourth-order valence-corrected chi connectivity index (χ4v) is 1.40. The van der Waals surface area contributed by atoms with E-state index >= 15 is 0 Å². The standard InChI is InChI=1S/C13H18N2O4/c1-3-18-12(17)8-7-11(16)15-10-6-5-9-14-13(10)19-4-2/h5-6,9H,3-4,7-8H2,1-2H3,(H,15,16). The second-order valence-corrected chi connectivity index (χ2v) is 3.64. The maximum absolute atomic E-state index is 11.7. The van der Waals surface area contributed by atoms with E-state index in [0.29, 0.717) is 24.8 Å². The van der Waals surface area contributed by atoms with E-state index in [1.165, 1.54) is 0 Å². The number of esters is 1. The average Bonchev–Trinajstić information content (AvgIpc) is 2.39. The summed E-state index contributed by atoms with van der Waals surface area (Å²) in [7, 11) is 0. The van der Waals surface area contributed by atoms with Gasteiger partial charge in [0, 0.05) is 12.6 Å². The van der Waals surface area contributed by atoms with Gasteiger partial charge in [0.2, 0.25) is 11.8 Å². The molecule has 0 atom stereocenters. The van der Waals surface area contributed by atoms with E-state index in [2.05, 4.69) is 10.3 Å². The number of hydrogen-bond donors (Lipinski definition) is 1. The maximum Gasteiger partial charge on any atom is 0.306 e. The summed E-state index contributed by atoms with van der Waals surface area (Å²) >= 11 is 0. The first-order valence-electron chi connectivity index (χ1n) is 6.20. The zero-order valence-electron chi connectivity index (χ0n) is 11.1. The van der Waals surface area contributed by atoms with Crippen molar-refractivity contribution in [2.24, 2.45) is 0 Å². The Hall–Kier alpha value is -2.11. The van der Waals surface area contributed by atoms with Crippen LogP contribution in [-0.2, 0) is 14.3 Å². The molecule has 0 spiro atoms. The van der Waals surface area contributed by atoms with Gasteiger partial charge in [0.25, 0.3) is 0 Å². The molecule has 0 fully saturated rings. The number of nitrogens with zero attached hydrogens (tertiary/aromatic N) is 1. The van der Waals surface area contributed by atoms with E-state index in [-0.39, 0.29) is 24.7 Å². The van der Waals surface area contributed by atoms with E-state index in [0.717, 1.165) is 0 Å². The fourth-order valence-electron chi connectivity index (χ4n) is 1.40. The highest BCUT2D eigenvalue weighted by molar-refractivity contribution is 5.93. The van der Waals surface area contributed by atoms with E-state index in [4.69, 9.17) is 9.47 Å². The van der Waals surface area contributed by atoms with Crippen molar-refractivity contribution in [1.29, 1.82) is 0 Å². The summed E-state index contributed by atoms with van der Waals surface area (Å²) in [5.74, 6) is -0.287. The molecule has 0 aliphatic heterocycles. The molecule has 1 amide bonds. The molecule has 6 nitrogen and oxygen atoms in total. The normalized spacial score (nSPS) is 9.79. The van der Waals surface area contributed by atoms with Crippen LogP contribution in [0.5, 0.6) is 5.88 Å². The molecular formula is C13H18N2O4. The highest BCUT2D eigenvalue weighted by Crippen LogP contribution is 2.20. The number of nitrogens with one attached hydrogen (secondary N) is 1. The molecule has 1 heterocycles. The molecule has 19 heavy (non-hydrogen) atoms. The number of rotatable bonds is 7. The molecule has 0 bridgehead atoms. The summed E-state index contributed by atoms with van der Waals surface area (Å²) < 4.78 is 10.0. The quantitative estimate of drug-likeness (QED) is 0.761. The predicted molar refractivity (Wildman–Crippen MR) is 69.9 cm³/mol. The molecule has 0 radical (unpaired) electrons. The lowest BCUT2D eigenvalue weighted by molar-refractivity contribution is -0.144. The summed E-state index contributed by atoms with van der Waals surface area (Å²) in [6, 6.07) is 3.39. The molecule has 0 saturated carbocycles. The first kappa shape index (κ1) is 14.9. The van der Waals surface area contributed by atoms with Crippen LogP contribution in [0, 0.1) is 0 Å². The molecule has 0 aliphatic carbocycles. The zero-order valence-corrected chi connectivity index (χ0v) is 11.1. The Labute approximate surface area is 112 Å². The largest absolute Gasteiger partial charge is 0.476 e. The van der Waals surface area contributed by atoms with Gasteiger partial charge in [-0.25, -0.2) is 4.98 Å². The zero-order chi connectivity index (χ0) is 14.1. The van der Waals surface area contributed by atoms with E-state index in [9.17, 15) is 9.59 Å². The fraction of sp³-hybridized carbons (Fsp3) is 0.462. The van der Waals surface area contributed by atoms with Crippen LogP contribution in [0.3, 0.4) is 0 Å². The first-order chi connectivity index (χ1) is 9.17. The van der Waals surface area contributed by atoms with Gasteiger partial charge in [0.15, 0.2) is 0 Å². The van der Waals surface area contributed by atoms with E-state index < -0.39 is 0 Å². The lowest BCUT2D eigenvalue weighted by Gasteiger charge is -2.09. The van der Waals surface area contributed by atoms with Crippen molar-refractivity contribution in [3.05, 3.63) is 18.3 Å². The van der Waals surface area contributed by atoms with Gasteiger partial charge in [-0.2, -0.15) is 0 Å². The monoisotopic (exact) mass is 266 g/mol. The maximum atomic E-state index is 11.7. The molecule has 1 N–H and O–H groups in total. The molecule has 0 aromatic carbocycles. The van der Waals surface area contributed by atoms with Crippen LogP contribution in [0.2, 0.25) is 0 Å². The molecule has 1 aromatic rings. The molecule has 0 saturated heterocycles.